The first-order valence-corrected chi connectivity index (χ1v) is 11.3. The minimum Gasteiger partial charge on any atom is -0.481 e. The van der Waals surface area contributed by atoms with Crippen LogP contribution in [0.2, 0.25) is 0 Å². The highest BCUT2D eigenvalue weighted by Crippen LogP contribution is 2.20. The summed E-state index contributed by atoms with van der Waals surface area (Å²) < 4.78 is 5.28. The van der Waals surface area contributed by atoms with Crippen LogP contribution in [0.15, 0.2) is 0 Å². The molecule has 0 aromatic rings. The van der Waals surface area contributed by atoms with Gasteiger partial charge < -0.3 is 20.1 Å². The molecular weight excluding hydrogens is 376 g/mol. The lowest BCUT2D eigenvalue weighted by atomic mass is 10.2. The van der Waals surface area contributed by atoms with Crippen LogP contribution in [-0.4, -0.2) is 65.2 Å². The second-order valence-electron chi connectivity index (χ2n) is 6.85. The molecule has 0 unspecified atom stereocenters. The molecule has 7 nitrogen and oxygen atoms in total. The van der Waals surface area contributed by atoms with Gasteiger partial charge in [-0.05, 0) is 33.6 Å². The van der Waals surface area contributed by atoms with Gasteiger partial charge in [-0.2, -0.15) is 0 Å². The van der Waals surface area contributed by atoms with Crippen LogP contribution in [0.3, 0.4) is 0 Å². The van der Waals surface area contributed by atoms with Crippen molar-refractivity contribution in [1.82, 2.24) is 10.2 Å². The summed E-state index contributed by atoms with van der Waals surface area (Å²) in [5.41, 5.74) is -0.490. The molecule has 0 aliphatic carbocycles. The number of nitrogens with zero attached hydrogens (tertiary/aromatic N) is 1. The molecule has 0 spiro atoms. The lowest BCUT2D eigenvalue weighted by Crippen LogP contribution is -2.34. The lowest BCUT2D eigenvalue weighted by Gasteiger charge is -2.24. The molecule has 0 heterocycles. The normalized spacial score (nSPS) is 11.1. The summed E-state index contributed by atoms with van der Waals surface area (Å²) in [5, 5.41) is 11.4. The van der Waals surface area contributed by atoms with Crippen LogP contribution in [0.25, 0.3) is 0 Å². The molecule has 0 aliphatic rings. The summed E-state index contributed by atoms with van der Waals surface area (Å²) in [5.74, 6) is 0.577. The largest absolute Gasteiger partial charge is 0.481 e. The fourth-order valence-electron chi connectivity index (χ4n) is 1.81. The molecule has 0 atom stereocenters. The summed E-state index contributed by atoms with van der Waals surface area (Å²) in [4.78, 5) is 35.4. The predicted molar refractivity (Wildman–Crippen MR) is 108 cm³/mol. The lowest BCUT2D eigenvalue weighted by molar-refractivity contribution is -0.136. The van der Waals surface area contributed by atoms with Gasteiger partial charge in [0.2, 0.25) is 5.91 Å². The summed E-state index contributed by atoms with van der Waals surface area (Å²) in [7, 11) is 4.79. The Labute approximate surface area is 164 Å². The van der Waals surface area contributed by atoms with Gasteiger partial charge in [-0.3, -0.25) is 9.59 Å². The molecule has 2 N–H and O–H groups in total. The Balaban J connectivity index is 3.54. The molecule has 0 radical (unpaired) electrons. The quantitative estimate of drug-likeness (QED) is 0.356. The van der Waals surface area contributed by atoms with E-state index in [-0.39, 0.29) is 18.4 Å². The summed E-state index contributed by atoms with van der Waals surface area (Å²) in [6.07, 6.45) is 2.81. The smallest absolute Gasteiger partial charge is 0.410 e. The average molecular weight is 409 g/mol. The zero-order valence-electron chi connectivity index (χ0n) is 16.2. The number of carboxylic acids is 1. The highest BCUT2D eigenvalue weighted by Gasteiger charge is 2.19. The van der Waals surface area contributed by atoms with Crippen LogP contribution in [0.4, 0.5) is 4.79 Å². The molecule has 0 bridgehead atoms. The van der Waals surface area contributed by atoms with Crippen molar-refractivity contribution in [3.8, 4) is 0 Å². The third-order valence-electron chi connectivity index (χ3n) is 3.09. The number of carbonyl (C=O) groups excluding carboxylic acids is 2. The Kier molecular flexibility index (Phi) is 13.4. The van der Waals surface area contributed by atoms with E-state index in [1.165, 1.54) is 10.8 Å². The van der Waals surface area contributed by atoms with Crippen molar-refractivity contribution in [2.24, 2.45) is 0 Å². The van der Waals surface area contributed by atoms with Gasteiger partial charge in [0.25, 0.3) is 0 Å². The van der Waals surface area contributed by atoms with Crippen LogP contribution in [0.5, 0.6) is 0 Å². The summed E-state index contributed by atoms with van der Waals surface area (Å²) in [6, 6.07) is 0. The van der Waals surface area contributed by atoms with E-state index in [4.69, 9.17) is 9.84 Å². The fourth-order valence-corrected chi connectivity index (χ4v) is 3.70. The van der Waals surface area contributed by atoms with Gasteiger partial charge in [0.15, 0.2) is 0 Å². The van der Waals surface area contributed by atoms with Gasteiger partial charge in [-0.25, -0.2) is 4.79 Å². The van der Waals surface area contributed by atoms with E-state index in [0.29, 0.717) is 25.3 Å². The van der Waals surface area contributed by atoms with Crippen molar-refractivity contribution < 1.29 is 24.2 Å². The number of rotatable bonds is 13. The van der Waals surface area contributed by atoms with Crippen molar-refractivity contribution in [1.29, 1.82) is 0 Å². The van der Waals surface area contributed by atoms with Gasteiger partial charge in [0.1, 0.15) is 5.60 Å². The minimum absolute atomic E-state index is 0.0293. The van der Waals surface area contributed by atoms with E-state index in [2.05, 4.69) is 5.32 Å². The number of unbranched alkanes of at least 4 members (excludes halogenated alkanes) is 2. The number of hydrogen-bond donors (Lipinski definition) is 2. The molecule has 0 saturated carbocycles. The predicted octanol–water partition coefficient (Wildman–Crippen LogP) is 3.39. The van der Waals surface area contributed by atoms with Crippen molar-refractivity contribution >= 4 is 39.6 Å². The van der Waals surface area contributed by atoms with E-state index < -0.39 is 11.6 Å². The van der Waals surface area contributed by atoms with Crippen molar-refractivity contribution in [3.05, 3.63) is 0 Å². The minimum atomic E-state index is -0.788. The number of aliphatic carboxylic acids is 1. The highest BCUT2D eigenvalue weighted by molar-refractivity contribution is 8.76. The molecule has 0 aromatic carbocycles. The summed E-state index contributed by atoms with van der Waals surface area (Å²) in [6.45, 7) is 6.71. The maximum Gasteiger partial charge on any atom is 0.410 e. The Morgan fingerprint density at radius 1 is 1.04 bits per heavy atom. The standard InChI is InChI=1S/C17H32N2O5S2/c1-17(2,3)24-16(23)19(4)11-7-5-6-8-14(20)18-10-13-26-25-12-9-15(21)22/h5-13H2,1-4H3,(H,18,20)(H,21,22). The van der Waals surface area contributed by atoms with Crippen LogP contribution in [0.1, 0.15) is 52.9 Å². The number of nitrogens with one attached hydrogen (secondary N) is 1. The van der Waals surface area contributed by atoms with Gasteiger partial charge in [0, 0.05) is 38.1 Å². The average Bonchev–Trinajstić information content (AvgIpc) is 2.51. The van der Waals surface area contributed by atoms with Crippen LogP contribution in [0, 0.1) is 0 Å². The van der Waals surface area contributed by atoms with E-state index in [1.807, 2.05) is 20.8 Å². The number of hydrogen-bond acceptors (Lipinski definition) is 6. The second-order valence-corrected chi connectivity index (χ2v) is 9.55. The van der Waals surface area contributed by atoms with Gasteiger partial charge >= 0.3 is 12.1 Å². The summed E-state index contributed by atoms with van der Waals surface area (Å²) >= 11 is 0. The van der Waals surface area contributed by atoms with Gasteiger partial charge in [0.05, 0.1) is 6.42 Å². The van der Waals surface area contributed by atoms with Crippen LogP contribution < -0.4 is 5.32 Å². The molecule has 0 aliphatic heterocycles. The number of ether oxygens (including phenoxy) is 1. The first-order valence-electron chi connectivity index (χ1n) is 8.79. The van der Waals surface area contributed by atoms with Crippen molar-refractivity contribution in [3.63, 3.8) is 0 Å². The molecule has 0 aromatic heterocycles. The Bertz CT molecular complexity index is 441. The molecule has 2 amide bonds. The van der Waals surface area contributed by atoms with E-state index in [0.717, 1.165) is 25.0 Å². The third kappa shape index (κ3) is 16.4. The number of amides is 2. The maximum absolute atomic E-state index is 11.8. The SMILES string of the molecule is CN(CCCCCC(=O)NCCSSCCC(=O)O)C(=O)OC(C)(C)C. The van der Waals surface area contributed by atoms with Crippen molar-refractivity contribution in [2.75, 3.05) is 31.6 Å². The number of carboxylic acid groups (broad SMARTS) is 1. The molecule has 9 heteroatoms. The third-order valence-corrected chi connectivity index (χ3v) is 5.50. The van der Waals surface area contributed by atoms with Gasteiger partial charge in [-0.15, -0.1) is 0 Å². The Morgan fingerprint density at radius 3 is 2.31 bits per heavy atom. The van der Waals surface area contributed by atoms with Crippen LogP contribution >= 0.6 is 21.6 Å². The molecule has 26 heavy (non-hydrogen) atoms. The first-order chi connectivity index (χ1) is 12.1. The fraction of sp³-hybridized carbons (Fsp3) is 0.824. The number of carbonyl (C=O) groups is 3. The Morgan fingerprint density at radius 2 is 1.69 bits per heavy atom. The van der Waals surface area contributed by atoms with E-state index >= 15 is 0 Å². The first kappa shape index (κ1) is 24.9. The zero-order chi connectivity index (χ0) is 20.0. The maximum atomic E-state index is 11.8. The molecule has 0 fully saturated rings. The molecule has 0 saturated heterocycles. The highest BCUT2D eigenvalue weighted by atomic mass is 33.1. The van der Waals surface area contributed by atoms with Crippen LogP contribution in [-0.2, 0) is 14.3 Å². The Hall–Kier alpha value is -1.09. The van der Waals surface area contributed by atoms with Crippen molar-refractivity contribution in [2.45, 2.75) is 58.5 Å². The molecular formula is C17H32N2O5S2. The second kappa shape index (κ2) is 14.0. The molecule has 0 rings (SSSR count). The van der Waals surface area contributed by atoms with E-state index in [1.54, 1.807) is 22.7 Å². The van der Waals surface area contributed by atoms with Gasteiger partial charge in [-0.1, -0.05) is 28.0 Å². The zero-order valence-corrected chi connectivity index (χ0v) is 17.8. The monoisotopic (exact) mass is 408 g/mol. The topological polar surface area (TPSA) is 95.9 Å². The van der Waals surface area contributed by atoms with E-state index in [9.17, 15) is 14.4 Å². The molecule has 152 valence electrons.